The SMILES string of the molecule is Cc1ccc(NC(=O)CSc2nnc(NC(=O)c3cc(-c4ccccc4)on3)s2)cc1C. The van der Waals surface area contributed by atoms with Gasteiger partial charge in [0.25, 0.3) is 5.91 Å². The third-order valence-corrected chi connectivity index (χ3v) is 6.52. The standard InChI is InChI=1S/C22H19N5O3S2/c1-13-8-9-16(10-14(13)2)23-19(28)12-31-22-26-25-21(32-22)24-20(29)17-11-18(30-27-17)15-6-4-3-5-7-15/h3-11H,12H2,1-2H3,(H,23,28)(H,24,25,29). The molecule has 2 aromatic heterocycles. The van der Waals surface area contributed by atoms with Crippen molar-refractivity contribution >= 4 is 45.7 Å². The molecule has 8 nitrogen and oxygen atoms in total. The van der Waals surface area contributed by atoms with Gasteiger partial charge in [0.05, 0.1) is 5.75 Å². The summed E-state index contributed by atoms with van der Waals surface area (Å²) in [6.45, 7) is 4.02. The summed E-state index contributed by atoms with van der Waals surface area (Å²) in [6, 6.07) is 16.7. The van der Waals surface area contributed by atoms with Gasteiger partial charge >= 0.3 is 0 Å². The molecule has 2 amide bonds. The van der Waals surface area contributed by atoms with Crippen LogP contribution in [0.5, 0.6) is 0 Å². The Bertz CT molecular complexity index is 1250. The molecule has 0 spiro atoms. The number of thioether (sulfide) groups is 1. The first-order valence-corrected chi connectivity index (χ1v) is 11.4. The van der Waals surface area contributed by atoms with Gasteiger partial charge in [-0.3, -0.25) is 14.9 Å². The van der Waals surface area contributed by atoms with Crippen molar-refractivity contribution < 1.29 is 14.1 Å². The van der Waals surface area contributed by atoms with Crippen LogP contribution in [0.1, 0.15) is 21.6 Å². The minimum Gasteiger partial charge on any atom is -0.355 e. The molecule has 4 rings (SSSR count). The van der Waals surface area contributed by atoms with E-state index in [9.17, 15) is 9.59 Å². The van der Waals surface area contributed by atoms with Gasteiger partial charge in [-0.25, -0.2) is 0 Å². The van der Waals surface area contributed by atoms with Crippen LogP contribution in [-0.4, -0.2) is 32.9 Å². The van der Waals surface area contributed by atoms with E-state index in [2.05, 4.69) is 26.0 Å². The Morgan fingerprint density at radius 3 is 2.59 bits per heavy atom. The molecule has 0 unspecified atom stereocenters. The van der Waals surface area contributed by atoms with Crippen molar-refractivity contribution in [2.24, 2.45) is 0 Å². The van der Waals surface area contributed by atoms with E-state index in [1.54, 1.807) is 6.07 Å². The van der Waals surface area contributed by atoms with E-state index in [0.29, 0.717) is 15.2 Å². The lowest BCUT2D eigenvalue weighted by Crippen LogP contribution is -2.14. The number of aryl methyl sites for hydroxylation is 2. The number of aromatic nitrogens is 3. The van der Waals surface area contributed by atoms with Gasteiger partial charge in [-0.15, -0.1) is 10.2 Å². The number of hydrogen-bond donors (Lipinski definition) is 2. The molecule has 4 aromatic rings. The Labute approximate surface area is 192 Å². The van der Waals surface area contributed by atoms with Crippen LogP contribution in [0.15, 0.2) is 63.5 Å². The number of carbonyl (C=O) groups excluding carboxylic acids is 2. The Morgan fingerprint density at radius 1 is 1.00 bits per heavy atom. The molecule has 0 aliphatic heterocycles. The van der Waals surface area contributed by atoms with Crippen molar-refractivity contribution in [1.29, 1.82) is 0 Å². The molecule has 2 heterocycles. The first-order chi connectivity index (χ1) is 15.5. The molecule has 32 heavy (non-hydrogen) atoms. The Morgan fingerprint density at radius 2 is 1.81 bits per heavy atom. The quantitative estimate of drug-likeness (QED) is 0.298. The van der Waals surface area contributed by atoms with Crippen LogP contribution >= 0.6 is 23.1 Å². The summed E-state index contributed by atoms with van der Waals surface area (Å²) in [5.41, 5.74) is 4.01. The second-order valence-corrected chi connectivity index (χ2v) is 9.11. The van der Waals surface area contributed by atoms with Gasteiger partial charge in [-0.2, -0.15) is 0 Å². The van der Waals surface area contributed by atoms with E-state index < -0.39 is 5.91 Å². The van der Waals surface area contributed by atoms with Crippen molar-refractivity contribution in [3.63, 3.8) is 0 Å². The normalized spacial score (nSPS) is 10.7. The fourth-order valence-corrected chi connectivity index (χ4v) is 4.29. The predicted molar refractivity (Wildman–Crippen MR) is 125 cm³/mol. The van der Waals surface area contributed by atoms with Gasteiger partial charge in [-0.05, 0) is 37.1 Å². The topological polar surface area (TPSA) is 110 Å². The van der Waals surface area contributed by atoms with Crippen molar-refractivity contribution in [1.82, 2.24) is 15.4 Å². The molecule has 2 aromatic carbocycles. The van der Waals surface area contributed by atoms with Crippen molar-refractivity contribution in [2.75, 3.05) is 16.4 Å². The fraction of sp³-hybridized carbons (Fsp3) is 0.136. The second-order valence-electron chi connectivity index (χ2n) is 6.91. The molecule has 0 saturated heterocycles. The lowest BCUT2D eigenvalue weighted by molar-refractivity contribution is -0.113. The van der Waals surface area contributed by atoms with Crippen molar-refractivity contribution in [3.8, 4) is 11.3 Å². The molecule has 0 saturated carbocycles. The van der Waals surface area contributed by atoms with Gasteiger partial charge in [0, 0.05) is 17.3 Å². The highest BCUT2D eigenvalue weighted by Gasteiger charge is 2.16. The molecular weight excluding hydrogens is 446 g/mol. The number of amides is 2. The number of benzene rings is 2. The highest BCUT2D eigenvalue weighted by molar-refractivity contribution is 8.01. The molecule has 0 fully saturated rings. The van der Waals surface area contributed by atoms with Crippen molar-refractivity contribution in [2.45, 2.75) is 18.2 Å². The number of nitrogens with zero attached hydrogens (tertiary/aromatic N) is 3. The summed E-state index contributed by atoms with van der Waals surface area (Å²) in [5, 5.41) is 17.6. The van der Waals surface area contributed by atoms with Crippen LogP contribution in [0, 0.1) is 13.8 Å². The zero-order valence-corrected chi connectivity index (χ0v) is 18.9. The molecule has 0 bridgehead atoms. The minimum absolute atomic E-state index is 0.140. The lowest BCUT2D eigenvalue weighted by atomic mass is 10.1. The lowest BCUT2D eigenvalue weighted by Gasteiger charge is -2.06. The van der Waals surface area contributed by atoms with Gasteiger partial charge in [-0.1, -0.05) is 64.7 Å². The molecular formula is C22H19N5O3S2. The number of hydrogen-bond acceptors (Lipinski definition) is 8. The maximum absolute atomic E-state index is 12.4. The number of carbonyl (C=O) groups is 2. The highest BCUT2D eigenvalue weighted by Crippen LogP contribution is 2.26. The maximum Gasteiger partial charge on any atom is 0.279 e. The summed E-state index contributed by atoms with van der Waals surface area (Å²) in [5.74, 6) is 0.0874. The highest BCUT2D eigenvalue weighted by atomic mass is 32.2. The summed E-state index contributed by atoms with van der Waals surface area (Å²) in [7, 11) is 0. The molecule has 2 N–H and O–H groups in total. The number of rotatable bonds is 7. The molecule has 0 atom stereocenters. The summed E-state index contributed by atoms with van der Waals surface area (Å²) >= 11 is 2.43. The zero-order valence-electron chi connectivity index (χ0n) is 17.3. The van der Waals surface area contributed by atoms with Crippen LogP contribution in [0.25, 0.3) is 11.3 Å². The Balaban J connectivity index is 1.30. The Hall–Kier alpha value is -3.50. The molecule has 162 valence electrons. The summed E-state index contributed by atoms with van der Waals surface area (Å²) in [4.78, 5) is 24.6. The van der Waals surface area contributed by atoms with E-state index in [4.69, 9.17) is 4.52 Å². The minimum atomic E-state index is -0.448. The largest absolute Gasteiger partial charge is 0.355 e. The van der Waals surface area contributed by atoms with Crippen molar-refractivity contribution in [3.05, 3.63) is 71.4 Å². The summed E-state index contributed by atoms with van der Waals surface area (Å²) in [6.07, 6.45) is 0. The Kier molecular flexibility index (Phi) is 6.62. The number of anilines is 2. The second kappa shape index (κ2) is 9.75. The van der Waals surface area contributed by atoms with E-state index in [1.165, 1.54) is 28.7 Å². The number of nitrogens with one attached hydrogen (secondary N) is 2. The molecule has 10 heteroatoms. The first-order valence-electron chi connectivity index (χ1n) is 9.65. The third kappa shape index (κ3) is 5.40. The average Bonchev–Trinajstić information content (AvgIpc) is 3.45. The monoisotopic (exact) mass is 465 g/mol. The smallest absolute Gasteiger partial charge is 0.279 e. The van der Waals surface area contributed by atoms with Crippen LogP contribution in [0.3, 0.4) is 0 Å². The van der Waals surface area contributed by atoms with Crippen LogP contribution in [-0.2, 0) is 4.79 Å². The molecule has 0 radical (unpaired) electrons. The third-order valence-electron chi connectivity index (χ3n) is 4.55. The van der Waals surface area contributed by atoms with Gasteiger partial charge in [0.15, 0.2) is 15.8 Å². The van der Waals surface area contributed by atoms with E-state index >= 15 is 0 Å². The first kappa shape index (κ1) is 21.7. The summed E-state index contributed by atoms with van der Waals surface area (Å²) < 4.78 is 5.82. The zero-order chi connectivity index (χ0) is 22.5. The fourth-order valence-electron chi connectivity index (χ4n) is 2.74. The van der Waals surface area contributed by atoms with E-state index in [-0.39, 0.29) is 17.4 Å². The maximum atomic E-state index is 12.4. The van der Waals surface area contributed by atoms with Gasteiger partial charge in [0.2, 0.25) is 11.0 Å². The van der Waals surface area contributed by atoms with Crippen LogP contribution < -0.4 is 10.6 Å². The average molecular weight is 466 g/mol. The van der Waals surface area contributed by atoms with Gasteiger partial charge < -0.3 is 9.84 Å². The molecule has 0 aliphatic carbocycles. The molecule has 0 aliphatic rings. The van der Waals surface area contributed by atoms with Crippen LogP contribution in [0.2, 0.25) is 0 Å². The van der Waals surface area contributed by atoms with E-state index in [1.807, 2.05) is 62.4 Å². The predicted octanol–water partition coefficient (Wildman–Crippen LogP) is 4.79. The van der Waals surface area contributed by atoms with Gasteiger partial charge in [0.1, 0.15) is 0 Å². The van der Waals surface area contributed by atoms with Crippen LogP contribution in [0.4, 0.5) is 10.8 Å². The van der Waals surface area contributed by atoms with E-state index in [0.717, 1.165) is 16.8 Å².